The van der Waals surface area contributed by atoms with Crippen LogP contribution < -0.4 is 5.56 Å². The van der Waals surface area contributed by atoms with Crippen LogP contribution in [0.2, 0.25) is 5.02 Å². The van der Waals surface area contributed by atoms with Crippen molar-refractivity contribution in [2.45, 2.75) is 30.1 Å². The zero-order chi connectivity index (χ0) is 26.7. The molecular weight excluding hydrogens is 529 g/mol. The van der Waals surface area contributed by atoms with Gasteiger partial charge in [-0.15, -0.1) is 11.8 Å². The number of thioether (sulfide) groups is 1. The number of aromatic nitrogens is 1. The lowest BCUT2D eigenvalue weighted by molar-refractivity contribution is -0.137. The van der Waals surface area contributed by atoms with Crippen molar-refractivity contribution in [2.24, 2.45) is 0 Å². The van der Waals surface area contributed by atoms with Crippen LogP contribution in [0.1, 0.15) is 17.7 Å². The Labute approximate surface area is 219 Å². The Morgan fingerprint density at radius 1 is 1.19 bits per heavy atom. The van der Waals surface area contributed by atoms with Crippen LogP contribution in [0.25, 0.3) is 22.0 Å². The SMILES string of the molecule is CN(CCC(O)CSc1c(-c2cc(Cl)ccc2O)c2cc(C(F)(F)F)ccc2[nH]c1=O)Cc1ccco1. The number of benzene rings is 2. The lowest BCUT2D eigenvalue weighted by Gasteiger charge is -2.19. The number of phenolic OH excluding ortho intramolecular Hbond substituents is 1. The Bertz CT molecular complexity index is 1440. The largest absolute Gasteiger partial charge is 0.507 e. The number of nitrogens with zero attached hydrogens (tertiary/aromatic N) is 1. The summed E-state index contributed by atoms with van der Waals surface area (Å²) in [6.45, 7) is 1.12. The topological polar surface area (TPSA) is 89.7 Å². The monoisotopic (exact) mass is 552 g/mol. The van der Waals surface area contributed by atoms with Gasteiger partial charge in [0.05, 0.1) is 29.4 Å². The molecule has 0 fully saturated rings. The first-order valence-corrected chi connectivity index (χ1v) is 12.7. The molecule has 1 unspecified atom stereocenters. The third-order valence-corrected chi connectivity index (χ3v) is 7.26. The summed E-state index contributed by atoms with van der Waals surface area (Å²) in [5.74, 6) is 0.658. The van der Waals surface area contributed by atoms with E-state index in [1.807, 2.05) is 18.0 Å². The minimum absolute atomic E-state index is 0.0763. The highest BCUT2D eigenvalue weighted by molar-refractivity contribution is 7.99. The maximum Gasteiger partial charge on any atom is 0.416 e. The van der Waals surface area contributed by atoms with Crippen LogP contribution in [0.3, 0.4) is 0 Å². The fourth-order valence-corrected chi connectivity index (χ4v) is 5.19. The molecule has 4 aromatic rings. The van der Waals surface area contributed by atoms with Gasteiger partial charge in [0, 0.05) is 39.4 Å². The average molecular weight is 553 g/mol. The zero-order valence-electron chi connectivity index (χ0n) is 19.7. The number of H-pyrrole nitrogens is 1. The van der Waals surface area contributed by atoms with Gasteiger partial charge in [-0.1, -0.05) is 11.6 Å². The van der Waals surface area contributed by atoms with Crippen LogP contribution in [0.15, 0.2) is 68.9 Å². The van der Waals surface area contributed by atoms with Gasteiger partial charge in [0.2, 0.25) is 0 Å². The van der Waals surface area contributed by atoms with E-state index < -0.39 is 23.4 Å². The third-order valence-electron chi connectivity index (χ3n) is 5.80. The number of rotatable bonds is 9. The molecule has 0 saturated carbocycles. The number of phenols is 1. The van der Waals surface area contributed by atoms with Crippen molar-refractivity contribution >= 4 is 34.3 Å². The smallest absolute Gasteiger partial charge is 0.416 e. The van der Waals surface area contributed by atoms with E-state index in [1.54, 1.807) is 12.3 Å². The van der Waals surface area contributed by atoms with Gasteiger partial charge in [-0.05, 0) is 62.0 Å². The van der Waals surface area contributed by atoms with Gasteiger partial charge in [0.1, 0.15) is 11.5 Å². The van der Waals surface area contributed by atoms with E-state index in [-0.39, 0.29) is 43.5 Å². The van der Waals surface area contributed by atoms with Gasteiger partial charge in [-0.25, -0.2) is 0 Å². The molecule has 0 radical (unpaired) electrons. The van der Waals surface area contributed by atoms with Crippen molar-refractivity contribution in [2.75, 3.05) is 19.3 Å². The molecule has 2 aromatic carbocycles. The van der Waals surface area contributed by atoms with Crippen LogP contribution >= 0.6 is 23.4 Å². The number of fused-ring (bicyclic) bond motifs is 1. The number of aliphatic hydroxyl groups excluding tert-OH is 1. The molecule has 1 atom stereocenters. The number of aliphatic hydroxyl groups is 1. The number of pyridine rings is 1. The lowest BCUT2D eigenvalue weighted by atomic mass is 9.98. The van der Waals surface area contributed by atoms with Crippen molar-refractivity contribution in [3.8, 4) is 16.9 Å². The number of aromatic amines is 1. The molecule has 0 aliphatic heterocycles. The summed E-state index contributed by atoms with van der Waals surface area (Å²) in [5.41, 5.74) is -1.02. The third kappa shape index (κ3) is 6.51. The van der Waals surface area contributed by atoms with E-state index in [0.717, 1.165) is 29.7 Å². The molecule has 196 valence electrons. The lowest BCUT2D eigenvalue weighted by Crippen LogP contribution is -2.24. The number of furan rings is 1. The number of hydrogen-bond donors (Lipinski definition) is 3. The van der Waals surface area contributed by atoms with E-state index in [9.17, 15) is 28.2 Å². The molecule has 4 rings (SSSR count). The van der Waals surface area contributed by atoms with E-state index in [2.05, 4.69) is 4.98 Å². The van der Waals surface area contributed by atoms with Crippen LogP contribution in [-0.4, -0.2) is 45.5 Å². The van der Waals surface area contributed by atoms with Crippen LogP contribution in [0.5, 0.6) is 5.75 Å². The Hall–Kier alpha value is -2.92. The van der Waals surface area contributed by atoms with Crippen molar-refractivity contribution < 1.29 is 27.8 Å². The summed E-state index contributed by atoms with van der Waals surface area (Å²) in [4.78, 5) is 17.7. The number of halogens is 4. The second kappa shape index (κ2) is 11.2. The standard InChI is InChI=1S/C26H24ClF3N2O4S/c1-32(13-18-3-2-10-36-18)9-8-17(33)14-37-24-23(20-12-16(27)5-7-22(20)34)19-11-15(26(28,29)30)4-6-21(19)31-25(24)35/h2-7,10-12,17,33-34H,8-9,13-14H2,1H3,(H,31,35). The normalized spacial score (nSPS) is 12.9. The highest BCUT2D eigenvalue weighted by atomic mass is 35.5. The van der Waals surface area contributed by atoms with Gasteiger partial charge >= 0.3 is 6.18 Å². The molecule has 0 aliphatic rings. The van der Waals surface area contributed by atoms with Gasteiger partial charge in [0.15, 0.2) is 0 Å². The molecule has 2 heterocycles. The minimum Gasteiger partial charge on any atom is -0.507 e. The fourth-order valence-electron chi connectivity index (χ4n) is 3.94. The number of alkyl halides is 3. The molecule has 37 heavy (non-hydrogen) atoms. The van der Waals surface area contributed by atoms with Gasteiger partial charge < -0.3 is 19.6 Å². The van der Waals surface area contributed by atoms with E-state index in [1.165, 1.54) is 24.3 Å². The van der Waals surface area contributed by atoms with Crippen LogP contribution in [0, 0.1) is 0 Å². The Balaban J connectivity index is 1.65. The molecule has 6 nitrogen and oxygen atoms in total. The molecule has 11 heteroatoms. The molecular formula is C26H24ClF3N2O4S. The van der Waals surface area contributed by atoms with Gasteiger partial charge in [-0.2, -0.15) is 13.2 Å². The molecule has 0 aliphatic carbocycles. The first-order valence-electron chi connectivity index (χ1n) is 11.3. The predicted octanol–water partition coefficient (Wildman–Crippen LogP) is 6.14. The molecule has 0 amide bonds. The summed E-state index contributed by atoms with van der Waals surface area (Å²) in [6.07, 6.45) is -3.43. The Morgan fingerprint density at radius 3 is 2.68 bits per heavy atom. The number of nitrogens with one attached hydrogen (secondary N) is 1. The van der Waals surface area contributed by atoms with E-state index in [0.29, 0.717) is 19.5 Å². The van der Waals surface area contributed by atoms with Crippen molar-refractivity contribution in [3.63, 3.8) is 0 Å². The quantitative estimate of drug-likeness (QED) is 0.216. The highest BCUT2D eigenvalue weighted by Gasteiger charge is 2.31. The van der Waals surface area contributed by atoms with Crippen molar-refractivity contribution in [1.82, 2.24) is 9.88 Å². The fraction of sp³-hybridized carbons (Fsp3) is 0.269. The number of hydrogen-bond acceptors (Lipinski definition) is 6. The molecule has 2 aromatic heterocycles. The molecule has 3 N–H and O–H groups in total. The summed E-state index contributed by atoms with van der Waals surface area (Å²) >= 11 is 7.14. The first-order chi connectivity index (χ1) is 17.5. The maximum absolute atomic E-state index is 13.5. The summed E-state index contributed by atoms with van der Waals surface area (Å²) in [5, 5.41) is 21.5. The summed E-state index contributed by atoms with van der Waals surface area (Å²) in [6, 6.07) is 10.8. The second-order valence-electron chi connectivity index (χ2n) is 8.65. The van der Waals surface area contributed by atoms with E-state index in [4.69, 9.17) is 16.0 Å². The molecule has 0 bridgehead atoms. The van der Waals surface area contributed by atoms with Gasteiger partial charge in [0.25, 0.3) is 5.56 Å². The Morgan fingerprint density at radius 2 is 1.97 bits per heavy atom. The van der Waals surface area contributed by atoms with Crippen LogP contribution in [0.4, 0.5) is 13.2 Å². The zero-order valence-corrected chi connectivity index (χ0v) is 21.3. The average Bonchev–Trinajstić information content (AvgIpc) is 3.35. The van der Waals surface area contributed by atoms with Crippen molar-refractivity contribution in [1.29, 1.82) is 0 Å². The molecule has 0 spiro atoms. The first kappa shape index (κ1) is 27.1. The van der Waals surface area contributed by atoms with Gasteiger partial charge in [-0.3, -0.25) is 9.69 Å². The number of aromatic hydroxyl groups is 1. The predicted molar refractivity (Wildman–Crippen MR) is 138 cm³/mol. The summed E-state index contributed by atoms with van der Waals surface area (Å²) in [7, 11) is 1.88. The van der Waals surface area contributed by atoms with Crippen molar-refractivity contribution in [3.05, 3.63) is 81.5 Å². The molecule has 0 saturated heterocycles. The Kier molecular flexibility index (Phi) is 8.23. The summed E-state index contributed by atoms with van der Waals surface area (Å²) < 4.78 is 45.8. The highest BCUT2D eigenvalue weighted by Crippen LogP contribution is 2.42. The van der Waals surface area contributed by atoms with Crippen LogP contribution in [-0.2, 0) is 12.7 Å². The minimum atomic E-state index is -4.61. The van der Waals surface area contributed by atoms with E-state index >= 15 is 0 Å². The maximum atomic E-state index is 13.5. The second-order valence-corrected chi connectivity index (χ2v) is 10.1.